The molecule has 0 saturated carbocycles. The minimum atomic E-state index is -0.449. The first kappa shape index (κ1) is 16.2. The van der Waals surface area contributed by atoms with Crippen molar-refractivity contribution in [3.63, 3.8) is 0 Å². The van der Waals surface area contributed by atoms with Crippen LogP contribution in [0.2, 0.25) is 0 Å². The lowest BCUT2D eigenvalue weighted by atomic mass is 10.1. The van der Waals surface area contributed by atoms with Crippen molar-refractivity contribution in [3.8, 4) is 5.75 Å². The molecule has 2 aromatic carbocycles. The average Bonchev–Trinajstić information content (AvgIpc) is 2.60. The van der Waals surface area contributed by atoms with Crippen LogP contribution >= 0.6 is 0 Å². The van der Waals surface area contributed by atoms with E-state index in [4.69, 9.17) is 4.74 Å². The van der Waals surface area contributed by atoms with Gasteiger partial charge in [0, 0.05) is 32.7 Å². The summed E-state index contributed by atoms with van der Waals surface area (Å²) >= 11 is 0. The van der Waals surface area contributed by atoms with Crippen molar-refractivity contribution in [1.29, 1.82) is 0 Å². The van der Waals surface area contributed by atoms with Crippen LogP contribution in [-0.4, -0.2) is 66.9 Å². The molecule has 4 heteroatoms. The highest BCUT2D eigenvalue weighted by Crippen LogP contribution is 2.20. The largest absolute Gasteiger partial charge is 0.491 e. The van der Waals surface area contributed by atoms with E-state index in [1.54, 1.807) is 0 Å². The lowest BCUT2D eigenvalue weighted by molar-refractivity contribution is 0.0471. The fourth-order valence-electron chi connectivity index (χ4n) is 3.09. The maximum atomic E-state index is 10.2. The zero-order valence-electron chi connectivity index (χ0n) is 13.8. The van der Waals surface area contributed by atoms with Gasteiger partial charge in [-0.15, -0.1) is 0 Å². The standard InChI is InChI=1S/C19H26N2O2/c1-2-20-9-11-21(12-10-20)14-18(22)15-23-19-8-7-16-5-3-4-6-17(16)13-19/h3-8,13,18,22H,2,9-12,14-15H2,1H3/t18-/m1/s1. The number of rotatable bonds is 6. The van der Waals surface area contributed by atoms with Gasteiger partial charge in [0.1, 0.15) is 18.5 Å². The molecule has 0 aliphatic carbocycles. The van der Waals surface area contributed by atoms with Gasteiger partial charge in [-0.25, -0.2) is 0 Å². The summed E-state index contributed by atoms with van der Waals surface area (Å²) in [7, 11) is 0. The number of piperazine rings is 1. The predicted molar refractivity (Wildman–Crippen MR) is 94.0 cm³/mol. The SMILES string of the molecule is CCN1CCN(C[C@@H](O)COc2ccc3ccccc3c2)CC1. The van der Waals surface area contributed by atoms with Gasteiger partial charge in [0.25, 0.3) is 0 Å². The third-order valence-electron chi connectivity index (χ3n) is 4.54. The summed E-state index contributed by atoms with van der Waals surface area (Å²) in [6, 6.07) is 14.3. The summed E-state index contributed by atoms with van der Waals surface area (Å²) < 4.78 is 5.77. The first-order chi connectivity index (χ1) is 11.2. The van der Waals surface area contributed by atoms with Crippen LogP contribution in [-0.2, 0) is 0 Å². The van der Waals surface area contributed by atoms with Crippen molar-refractivity contribution in [2.45, 2.75) is 13.0 Å². The molecular weight excluding hydrogens is 288 g/mol. The highest BCUT2D eigenvalue weighted by Gasteiger charge is 2.18. The Kier molecular flexibility index (Phi) is 5.49. The van der Waals surface area contributed by atoms with E-state index in [9.17, 15) is 5.11 Å². The molecule has 1 atom stereocenters. The zero-order valence-corrected chi connectivity index (χ0v) is 13.8. The number of fused-ring (bicyclic) bond motifs is 1. The Morgan fingerprint density at radius 2 is 1.70 bits per heavy atom. The Labute approximate surface area is 138 Å². The monoisotopic (exact) mass is 314 g/mol. The fraction of sp³-hybridized carbons (Fsp3) is 0.474. The fourth-order valence-corrected chi connectivity index (χ4v) is 3.09. The smallest absolute Gasteiger partial charge is 0.120 e. The molecule has 0 bridgehead atoms. The lowest BCUT2D eigenvalue weighted by Gasteiger charge is -2.34. The highest BCUT2D eigenvalue weighted by molar-refractivity contribution is 5.83. The van der Waals surface area contributed by atoms with E-state index in [1.807, 2.05) is 24.3 Å². The van der Waals surface area contributed by atoms with E-state index >= 15 is 0 Å². The van der Waals surface area contributed by atoms with Crippen LogP contribution in [0, 0.1) is 0 Å². The van der Waals surface area contributed by atoms with Gasteiger partial charge in [-0.2, -0.15) is 0 Å². The van der Waals surface area contributed by atoms with Crippen molar-refractivity contribution in [2.75, 3.05) is 45.9 Å². The van der Waals surface area contributed by atoms with E-state index in [0.717, 1.165) is 43.9 Å². The predicted octanol–water partition coefficient (Wildman–Crippen LogP) is 2.22. The molecule has 23 heavy (non-hydrogen) atoms. The molecule has 1 heterocycles. The molecule has 2 aromatic rings. The molecule has 1 saturated heterocycles. The second-order valence-electron chi connectivity index (χ2n) is 6.21. The summed E-state index contributed by atoms with van der Waals surface area (Å²) in [6.07, 6.45) is -0.449. The molecular formula is C19H26N2O2. The first-order valence-corrected chi connectivity index (χ1v) is 8.49. The van der Waals surface area contributed by atoms with Crippen LogP contribution in [0.3, 0.4) is 0 Å². The van der Waals surface area contributed by atoms with Gasteiger partial charge in [0.15, 0.2) is 0 Å². The Bertz CT molecular complexity index is 624. The Hall–Kier alpha value is -1.62. The summed E-state index contributed by atoms with van der Waals surface area (Å²) in [4.78, 5) is 4.76. The molecule has 1 N–H and O–H groups in total. The molecule has 0 aromatic heterocycles. The molecule has 3 rings (SSSR count). The maximum absolute atomic E-state index is 10.2. The molecule has 1 fully saturated rings. The van der Waals surface area contributed by atoms with E-state index in [-0.39, 0.29) is 0 Å². The molecule has 1 aliphatic heterocycles. The quantitative estimate of drug-likeness (QED) is 0.887. The average molecular weight is 314 g/mol. The van der Waals surface area contributed by atoms with Gasteiger partial charge in [0.2, 0.25) is 0 Å². The van der Waals surface area contributed by atoms with Crippen LogP contribution in [0.4, 0.5) is 0 Å². The minimum Gasteiger partial charge on any atom is -0.491 e. The van der Waals surface area contributed by atoms with Gasteiger partial charge < -0.3 is 14.7 Å². The molecule has 0 radical (unpaired) electrons. The zero-order chi connectivity index (χ0) is 16.1. The molecule has 4 nitrogen and oxygen atoms in total. The van der Waals surface area contributed by atoms with E-state index < -0.39 is 6.10 Å². The number of likely N-dealkylation sites (N-methyl/N-ethyl adjacent to an activating group) is 1. The van der Waals surface area contributed by atoms with Crippen LogP contribution in [0.15, 0.2) is 42.5 Å². The van der Waals surface area contributed by atoms with Crippen molar-refractivity contribution < 1.29 is 9.84 Å². The van der Waals surface area contributed by atoms with E-state index in [2.05, 4.69) is 34.9 Å². The maximum Gasteiger partial charge on any atom is 0.120 e. The Morgan fingerprint density at radius 1 is 1.00 bits per heavy atom. The Balaban J connectivity index is 1.47. The molecule has 0 amide bonds. The second-order valence-corrected chi connectivity index (χ2v) is 6.21. The molecule has 0 spiro atoms. The first-order valence-electron chi connectivity index (χ1n) is 8.49. The van der Waals surface area contributed by atoms with Crippen molar-refractivity contribution in [2.24, 2.45) is 0 Å². The topological polar surface area (TPSA) is 35.9 Å². The third kappa shape index (κ3) is 4.44. The van der Waals surface area contributed by atoms with Gasteiger partial charge in [-0.05, 0) is 29.4 Å². The molecule has 1 aliphatic rings. The number of hydrogen-bond acceptors (Lipinski definition) is 4. The summed E-state index contributed by atoms with van der Waals surface area (Å²) in [5.41, 5.74) is 0. The number of β-amino-alcohol motifs (C(OH)–C–C–N with tert-alkyl or cyclic N) is 1. The molecule has 124 valence electrons. The number of nitrogens with zero attached hydrogens (tertiary/aromatic N) is 2. The van der Waals surface area contributed by atoms with Crippen molar-refractivity contribution >= 4 is 10.8 Å². The summed E-state index contributed by atoms with van der Waals surface area (Å²) in [5.74, 6) is 0.818. The summed E-state index contributed by atoms with van der Waals surface area (Å²) in [6.45, 7) is 8.58. The lowest BCUT2D eigenvalue weighted by Crippen LogP contribution is -2.49. The van der Waals surface area contributed by atoms with Crippen molar-refractivity contribution in [1.82, 2.24) is 9.80 Å². The third-order valence-corrected chi connectivity index (χ3v) is 4.54. The number of hydrogen-bond donors (Lipinski definition) is 1. The highest BCUT2D eigenvalue weighted by atomic mass is 16.5. The number of ether oxygens (including phenoxy) is 1. The van der Waals surface area contributed by atoms with Crippen LogP contribution in [0.5, 0.6) is 5.75 Å². The van der Waals surface area contributed by atoms with Gasteiger partial charge in [0.05, 0.1) is 0 Å². The second kappa shape index (κ2) is 7.77. The number of aliphatic hydroxyl groups excluding tert-OH is 1. The van der Waals surface area contributed by atoms with Crippen LogP contribution in [0.25, 0.3) is 10.8 Å². The van der Waals surface area contributed by atoms with Gasteiger partial charge in [-0.3, -0.25) is 4.90 Å². The van der Waals surface area contributed by atoms with E-state index in [1.165, 1.54) is 5.39 Å². The summed E-state index contributed by atoms with van der Waals surface area (Å²) in [5, 5.41) is 12.6. The minimum absolute atomic E-state index is 0.340. The number of aliphatic hydroxyl groups is 1. The van der Waals surface area contributed by atoms with Crippen LogP contribution in [0.1, 0.15) is 6.92 Å². The molecule has 0 unspecified atom stereocenters. The van der Waals surface area contributed by atoms with Crippen molar-refractivity contribution in [3.05, 3.63) is 42.5 Å². The van der Waals surface area contributed by atoms with Gasteiger partial charge >= 0.3 is 0 Å². The van der Waals surface area contributed by atoms with Crippen LogP contribution < -0.4 is 4.74 Å². The number of benzene rings is 2. The van der Waals surface area contributed by atoms with Gasteiger partial charge in [-0.1, -0.05) is 37.3 Å². The Morgan fingerprint density at radius 3 is 2.43 bits per heavy atom. The van der Waals surface area contributed by atoms with E-state index in [0.29, 0.717) is 13.2 Å². The normalized spacial score (nSPS) is 18.2.